The topological polar surface area (TPSA) is 226 Å². The molecule has 4 N–H and O–H groups in total. The van der Waals surface area contributed by atoms with Crippen molar-refractivity contribution in [2.75, 3.05) is 13.1 Å². The number of aliphatic hydroxyl groups excluding tert-OH is 3. The molecule has 78 heavy (non-hydrogen) atoms. The van der Waals surface area contributed by atoms with Crippen molar-refractivity contribution in [3.05, 3.63) is 175 Å². The number of ether oxygens (including phenoxy) is 1. The van der Waals surface area contributed by atoms with Crippen LogP contribution in [0.2, 0.25) is 0 Å². The predicted octanol–water partition coefficient (Wildman–Crippen LogP) is 8.99. The minimum atomic E-state index is -0.802. The summed E-state index contributed by atoms with van der Waals surface area (Å²) in [6.07, 6.45) is 9.53. The lowest BCUT2D eigenvalue weighted by molar-refractivity contribution is 0.0277. The minimum Gasteiger partial charge on any atom is -0.460 e. The summed E-state index contributed by atoms with van der Waals surface area (Å²) in [5.41, 5.74) is 16.8. The Labute approximate surface area is 448 Å². The summed E-state index contributed by atoms with van der Waals surface area (Å²) >= 11 is 0. The van der Waals surface area contributed by atoms with Gasteiger partial charge in [-0.2, -0.15) is 0 Å². The van der Waals surface area contributed by atoms with E-state index in [4.69, 9.17) is 18.0 Å². The van der Waals surface area contributed by atoms with Gasteiger partial charge in [0.05, 0.1) is 43.1 Å². The molecular formula is C63H57N3O12. The highest BCUT2D eigenvalue weighted by Crippen LogP contribution is 2.66. The largest absolute Gasteiger partial charge is 0.460 e. The molecule has 0 bridgehead atoms. The van der Waals surface area contributed by atoms with Gasteiger partial charge in [-0.1, -0.05) is 51.3 Å². The van der Waals surface area contributed by atoms with Crippen molar-refractivity contribution >= 4 is 46.0 Å². The van der Waals surface area contributed by atoms with Crippen molar-refractivity contribution in [3.63, 3.8) is 0 Å². The second-order valence-corrected chi connectivity index (χ2v) is 24.4. The molecule has 9 aliphatic carbocycles. The van der Waals surface area contributed by atoms with Gasteiger partial charge in [0, 0.05) is 84.9 Å². The number of fused-ring (bicyclic) bond motifs is 13. The number of hydrogen-bond donors (Lipinski definition) is 4. The van der Waals surface area contributed by atoms with Crippen molar-refractivity contribution in [2.24, 2.45) is 16.3 Å². The molecule has 0 radical (unpaired) electrons. The minimum absolute atomic E-state index is 0.0236. The number of allylic oxidation sites excluding steroid dienone is 4. The third kappa shape index (κ3) is 5.70. The maximum absolute atomic E-state index is 13.4. The average Bonchev–Trinajstić information content (AvgIpc) is 2.78. The number of carbonyl (C=O) groups is 5. The number of carbonyl (C=O) groups excluding carboxylic acids is 5. The molecular weight excluding hydrogens is 991 g/mol. The van der Waals surface area contributed by atoms with E-state index in [0.29, 0.717) is 52.4 Å². The molecule has 15 nitrogen and oxygen atoms in total. The van der Waals surface area contributed by atoms with E-state index in [1.165, 1.54) is 22.4 Å². The van der Waals surface area contributed by atoms with Crippen LogP contribution in [0.15, 0.2) is 97.8 Å². The summed E-state index contributed by atoms with van der Waals surface area (Å²) in [6, 6.07) is 7.25. The highest BCUT2D eigenvalue weighted by molar-refractivity contribution is 6.51. The van der Waals surface area contributed by atoms with Crippen LogP contribution in [0, 0.1) is 11.3 Å². The molecule has 10 atom stereocenters. The Morgan fingerprint density at radius 1 is 0.692 bits per heavy atom. The van der Waals surface area contributed by atoms with Gasteiger partial charge in [0.1, 0.15) is 18.3 Å². The highest BCUT2D eigenvalue weighted by atomic mass is 16.6. The van der Waals surface area contributed by atoms with Gasteiger partial charge in [-0.25, -0.2) is 10.4 Å². The van der Waals surface area contributed by atoms with E-state index in [0.717, 1.165) is 113 Å². The molecule has 12 aliphatic rings. The maximum Gasteiger partial charge on any atom is 0.274 e. The van der Waals surface area contributed by atoms with Gasteiger partial charge in [-0.3, -0.25) is 29.0 Å². The number of aliphatic hydroxyl groups is 3. The van der Waals surface area contributed by atoms with Crippen molar-refractivity contribution < 1.29 is 57.3 Å². The Balaban J connectivity index is 0.000000102. The van der Waals surface area contributed by atoms with Crippen LogP contribution >= 0.6 is 0 Å². The van der Waals surface area contributed by atoms with Crippen molar-refractivity contribution in [1.29, 1.82) is 0 Å². The molecule has 1 saturated carbocycles. The van der Waals surface area contributed by atoms with Crippen LogP contribution in [-0.2, 0) is 27.4 Å². The fraction of sp³-hybridized carbons (Fsp3) is 0.397. The third-order valence-electron chi connectivity index (χ3n) is 20.8. The van der Waals surface area contributed by atoms with Gasteiger partial charge in [-0.05, 0) is 128 Å². The summed E-state index contributed by atoms with van der Waals surface area (Å²) in [7, 11) is 0. The maximum atomic E-state index is 13.4. The fourth-order valence-electron chi connectivity index (χ4n) is 16.3. The molecule has 0 spiro atoms. The van der Waals surface area contributed by atoms with Crippen LogP contribution in [0.4, 0.5) is 0 Å². The smallest absolute Gasteiger partial charge is 0.274 e. The molecule has 1 saturated heterocycles. The van der Waals surface area contributed by atoms with Crippen molar-refractivity contribution in [1.82, 2.24) is 10.4 Å². The number of rotatable bonds is 0. The highest BCUT2D eigenvalue weighted by Gasteiger charge is 2.68. The standard InChI is InChI=1S/C22H17N3O4.C21H22O4.C20H18O4/c1-10-3-4-22(2)15-8-11-12(21(28)25-20(18(11)27)23-5-6-24-25)7-13(15)17(26)19-16(22)14(10)9-29-19;1-9-4-5-11-13-12(6-7-20(9,11)2)21(3)14-10(8-24-17(14)16(13)23)15(22)18-19(21)25-18;1-9-3-4-11-10(9)5-6-13-16(11)18(23)19-17-12(8-24-19)14(21)7-15(22)20(13,17)2/h7-9,24H,1,3-6H2,2H3;8,11,15,18-19,22H,1,4-7H2,2-3H3;5-6,8,14-15,21-22H,1,3-4,7H2,2H3/t22-;11-,15+,18-,19-,20+,21+;14-,15+,20-/m000/s1. The first-order valence-electron chi connectivity index (χ1n) is 27.2. The molecule has 3 aliphatic heterocycles. The number of amides is 1. The number of amidine groups is 1. The lowest BCUT2D eigenvalue weighted by atomic mass is 9.54. The normalized spacial score (nSPS) is 33.3. The number of ketones is 4. The lowest BCUT2D eigenvalue weighted by Crippen LogP contribution is -2.56. The van der Waals surface area contributed by atoms with E-state index in [-0.39, 0.29) is 81.6 Å². The van der Waals surface area contributed by atoms with E-state index in [2.05, 4.69) is 50.9 Å². The Bertz CT molecular complexity index is 3860. The van der Waals surface area contributed by atoms with Gasteiger partial charge >= 0.3 is 0 Å². The van der Waals surface area contributed by atoms with Gasteiger partial charge in [0.2, 0.25) is 23.1 Å². The number of nitrogens with one attached hydrogen (secondary N) is 1. The molecule has 15 heteroatoms. The second-order valence-electron chi connectivity index (χ2n) is 24.4. The van der Waals surface area contributed by atoms with Crippen molar-refractivity contribution in [3.8, 4) is 0 Å². The second kappa shape index (κ2) is 15.6. The van der Waals surface area contributed by atoms with Crippen LogP contribution < -0.4 is 5.43 Å². The summed E-state index contributed by atoms with van der Waals surface area (Å²) < 4.78 is 22.9. The number of hydrogen-bond acceptors (Lipinski definition) is 14. The molecule has 396 valence electrons. The van der Waals surface area contributed by atoms with E-state index in [1.54, 1.807) is 24.7 Å². The van der Waals surface area contributed by atoms with Crippen LogP contribution in [-0.4, -0.2) is 86.6 Å². The third-order valence-corrected chi connectivity index (χ3v) is 20.8. The zero-order valence-electron chi connectivity index (χ0n) is 43.8. The van der Waals surface area contributed by atoms with E-state index >= 15 is 0 Å². The zero-order chi connectivity index (χ0) is 54.2. The zero-order valence-corrected chi connectivity index (χ0v) is 43.8. The lowest BCUT2D eigenvalue weighted by Gasteiger charge is -2.47. The molecule has 0 unspecified atom stereocenters. The quantitative estimate of drug-likeness (QED) is 0.0840. The molecule has 2 aromatic carbocycles. The SMILES string of the molecule is C=C1CC[C@@]2(C)c3cc4c(cc3C(=O)c3occ1c32)C(=O)N1NCCN=C1C4=O.C=C1CC[C@H]2C3=C(CC[C@]12C)[C@]1(C)c2c(coc2C3=O)[C@@H](O)[C@@H]2O[C@@H]21.C=C1CCc2c1ccc1c2C(=O)c2occ3c2[C@]1(C)[C@H](O)C[C@@H]3O. The Kier molecular flexibility index (Phi) is 9.59. The molecule has 6 heterocycles. The number of nitrogens with zero attached hydrogens (tertiary/aromatic N) is 2. The van der Waals surface area contributed by atoms with Crippen LogP contribution in [0.3, 0.4) is 0 Å². The summed E-state index contributed by atoms with van der Waals surface area (Å²) in [6.45, 7) is 21.9. The van der Waals surface area contributed by atoms with E-state index in [1.807, 2.05) is 19.1 Å². The first-order valence-corrected chi connectivity index (χ1v) is 27.2. The molecule has 17 rings (SSSR count). The van der Waals surface area contributed by atoms with E-state index in [9.17, 15) is 39.3 Å². The van der Waals surface area contributed by atoms with Gasteiger partial charge in [-0.15, -0.1) is 0 Å². The molecule has 5 aromatic rings. The van der Waals surface area contributed by atoms with Gasteiger partial charge in [0.15, 0.2) is 23.1 Å². The number of Topliss-reactive ketones (excluding diaryl/α,β-unsaturated/α-hetero) is 2. The monoisotopic (exact) mass is 1050 g/mol. The first-order chi connectivity index (χ1) is 37.2. The average molecular weight is 1050 g/mol. The number of aliphatic imine (C=N–C) groups is 1. The molecule has 3 aromatic heterocycles. The van der Waals surface area contributed by atoms with Crippen LogP contribution in [0.1, 0.15) is 210 Å². The summed E-state index contributed by atoms with van der Waals surface area (Å²) in [5.74, 6) is 0.315. The van der Waals surface area contributed by atoms with Gasteiger partial charge < -0.3 is 33.3 Å². The Hall–Kier alpha value is -7.14. The molecule has 1 amide bonds. The number of hydrazine groups is 1. The molecule has 2 fully saturated rings. The van der Waals surface area contributed by atoms with Crippen molar-refractivity contribution in [2.45, 2.75) is 132 Å². The number of benzene rings is 2. The predicted molar refractivity (Wildman–Crippen MR) is 282 cm³/mol. The first kappa shape index (κ1) is 48.0. The van der Waals surface area contributed by atoms with Gasteiger partial charge in [0.25, 0.3) is 5.91 Å². The van der Waals surface area contributed by atoms with E-state index < -0.39 is 29.1 Å². The Morgan fingerprint density at radius 3 is 2.21 bits per heavy atom. The Morgan fingerprint density at radius 2 is 1.41 bits per heavy atom. The fourth-order valence-corrected chi connectivity index (χ4v) is 16.3. The number of furan rings is 3. The van der Waals surface area contributed by atoms with Crippen LogP contribution in [0.25, 0.3) is 11.1 Å². The summed E-state index contributed by atoms with van der Waals surface area (Å²) in [4.78, 5) is 70.2. The summed E-state index contributed by atoms with van der Waals surface area (Å²) in [5, 5.41) is 32.8. The number of epoxide rings is 1. The van der Waals surface area contributed by atoms with Crippen LogP contribution in [0.5, 0.6) is 0 Å².